The molecular formula is C18H27ClN2O2. The molecular weight excluding hydrogens is 312 g/mol. The van der Waals surface area contributed by atoms with E-state index < -0.39 is 0 Å². The molecule has 1 aromatic rings. The van der Waals surface area contributed by atoms with Crippen molar-refractivity contribution in [1.82, 2.24) is 10.2 Å². The Morgan fingerprint density at radius 3 is 2.61 bits per heavy atom. The van der Waals surface area contributed by atoms with Crippen LogP contribution >= 0.6 is 11.6 Å². The highest BCUT2D eigenvalue weighted by Gasteiger charge is 2.24. The van der Waals surface area contributed by atoms with Crippen LogP contribution in [0.4, 0.5) is 0 Å². The van der Waals surface area contributed by atoms with E-state index in [0.29, 0.717) is 22.5 Å². The number of carbonyl (C=O) groups excluding carboxylic acids is 1. The molecule has 23 heavy (non-hydrogen) atoms. The van der Waals surface area contributed by atoms with Gasteiger partial charge in [0.1, 0.15) is 0 Å². The second kappa shape index (κ2) is 8.67. The summed E-state index contributed by atoms with van der Waals surface area (Å²) in [6.45, 7) is 6.40. The normalized spacial score (nSPS) is 18.7. The number of nitrogens with zero attached hydrogens (tertiary/aromatic N) is 1. The molecule has 0 aliphatic carbocycles. The van der Waals surface area contributed by atoms with Crippen LogP contribution in [0.2, 0.25) is 5.02 Å². The summed E-state index contributed by atoms with van der Waals surface area (Å²) in [4.78, 5) is 14.4. The maximum absolute atomic E-state index is 12.5. The minimum atomic E-state index is -0.248. The first-order valence-electron chi connectivity index (χ1n) is 8.42. The van der Waals surface area contributed by atoms with Crippen LogP contribution in [0, 0.1) is 5.92 Å². The summed E-state index contributed by atoms with van der Waals surface area (Å²) < 4.78 is 0. The monoisotopic (exact) mass is 338 g/mol. The molecule has 1 aliphatic rings. The molecule has 0 aromatic heterocycles. The predicted molar refractivity (Wildman–Crippen MR) is 93.8 cm³/mol. The summed E-state index contributed by atoms with van der Waals surface area (Å²) in [6, 6.07) is 7.67. The smallest absolute Gasteiger partial charge is 0.255 e. The summed E-state index contributed by atoms with van der Waals surface area (Å²) >= 11 is 6.11. The molecule has 1 amide bonds. The molecule has 1 fully saturated rings. The van der Waals surface area contributed by atoms with Gasteiger partial charge in [0.25, 0.3) is 5.91 Å². The van der Waals surface area contributed by atoms with Gasteiger partial charge in [0.15, 0.2) is 0 Å². The molecule has 128 valence electrons. The van der Waals surface area contributed by atoms with Gasteiger partial charge in [-0.25, -0.2) is 0 Å². The first-order valence-corrected chi connectivity index (χ1v) is 8.80. The number of aliphatic hydroxyl groups is 1. The van der Waals surface area contributed by atoms with Crippen LogP contribution in [-0.2, 0) is 0 Å². The number of hydrogen-bond donors (Lipinski definition) is 2. The van der Waals surface area contributed by atoms with Crippen molar-refractivity contribution < 1.29 is 9.90 Å². The van der Waals surface area contributed by atoms with Gasteiger partial charge in [0.05, 0.1) is 16.7 Å². The topological polar surface area (TPSA) is 52.6 Å². The second-order valence-electron chi connectivity index (χ2n) is 6.64. The number of carbonyl (C=O) groups is 1. The number of nitrogens with one attached hydrogen (secondary N) is 1. The Morgan fingerprint density at radius 1 is 1.35 bits per heavy atom. The molecule has 4 nitrogen and oxygen atoms in total. The van der Waals surface area contributed by atoms with Gasteiger partial charge >= 0.3 is 0 Å². The van der Waals surface area contributed by atoms with E-state index in [4.69, 9.17) is 11.6 Å². The second-order valence-corrected chi connectivity index (χ2v) is 7.05. The lowest BCUT2D eigenvalue weighted by atomic mass is 10.0. The van der Waals surface area contributed by atoms with Crippen molar-refractivity contribution in [3.05, 3.63) is 34.9 Å². The van der Waals surface area contributed by atoms with Crippen LogP contribution in [0.3, 0.4) is 0 Å². The van der Waals surface area contributed by atoms with Crippen molar-refractivity contribution in [2.24, 2.45) is 5.92 Å². The first kappa shape index (κ1) is 18.2. The molecule has 1 heterocycles. The molecule has 0 radical (unpaired) electrons. The molecule has 1 saturated heterocycles. The van der Waals surface area contributed by atoms with Crippen LogP contribution in [0.1, 0.15) is 43.5 Å². The van der Waals surface area contributed by atoms with Gasteiger partial charge in [-0.1, -0.05) is 30.7 Å². The van der Waals surface area contributed by atoms with Crippen LogP contribution in [0.15, 0.2) is 24.3 Å². The van der Waals surface area contributed by atoms with Gasteiger partial charge in [0, 0.05) is 19.1 Å². The third-order valence-corrected chi connectivity index (χ3v) is 4.71. The van der Waals surface area contributed by atoms with Crippen LogP contribution < -0.4 is 5.32 Å². The highest BCUT2D eigenvalue weighted by atomic mass is 35.5. The summed E-state index contributed by atoms with van der Waals surface area (Å²) in [6.07, 6.45) is 2.48. The van der Waals surface area contributed by atoms with Gasteiger partial charge in [0.2, 0.25) is 0 Å². The Morgan fingerprint density at radius 2 is 2.00 bits per heavy atom. The van der Waals surface area contributed by atoms with Crippen molar-refractivity contribution >= 4 is 17.5 Å². The van der Waals surface area contributed by atoms with Crippen molar-refractivity contribution in [3.8, 4) is 0 Å². The lowest BCUT2D eigenvalue weighted by molar-refractivity contribution is 0.0702. The number of hydrogen-bond acceptors (Lipinski definition) is 3. The van der Waals surface area contributed by atoms with E-state index in [2.05, 4.69) is 12.2 Å². The predicted octanol–water partition coefficient (Wildman–Crippen LogP) is 2.94. The van der Waals surface area contributed by atoms with Gasteiger partial charge in [-0.2, -0.15) is 0 Å². The summed E-state index contributed by atoms with van der Waals surface area (Å²) in [5.41, 5.74) is 0.589. The fourth-order valence-corrected chi connectivity index (χ4v) is 3.34. The number of benzene rings is 1. The number of aliphatic hydroxyl groups excluding tert-OH is 1. The number of halogens is 1. The Kier molecular flexibility index (Phi) is 6.88. The zero-order valence-corrected chi connectivity index (χ0v) is 14.7. The van der Waals surface area contributed by atoms with E-state index in [0.717, 1.165) is 38.9 Å². The molecule has 2 rings (SSSR count). The maximum atomic E-state index is 12.5. The van der Waals surface area contributed by atoms with E-state index >= 15 is 0 Å². The van der Waals surface area contributed by atoms with E-state index in [1.165, 1.54) is 0 Å². The Labute approximate surface area is 143 Å². The van der Waals surface area contributed by atoms with Gasteiger partial charge < -0.3 is 15.3 Å². The number of rotatable bonds is 6. The average molecular weight is 339 g/mol. The SMILES string of the molecule is CC(O)CC(C)CNC1CCN(C(=O)c2ccccc2Cl)CC1. The minimum absolute atomic E-state index is 0.0246. The average Bonchev–Trinajstić information content (AvgIpc) is 2.53. The van der Waals surface area contributed by atoms with Gasteiger partial charge in [-0.15, -0.1) is 0 Å². The van der Waals surface area contributed by atoms with Crippen molar-refractivity contribution in [3.63, 3.8) is 0 Å². The van der Waals surface area contributed by atoms with Crippen molar-refractivity contribution in [1.29, 1.82) is 0 Å². The molecule has 2 N–H and O–H groups in total. The van der Waals surface area contributed by atoms with E-state index in [1.54, 1.807) is 12.1 Å². The Hall–Kier alpha value is -1.10. The van der Waals surface area contributed by atoms with Gasteiger partial charge in [-0.3, -0.25) is 4.79 Å². The largest absolute Gasteiger partial charge is 0.393 e. The summed E-state index contributed by atoms with van der Waals surface area (Å²) in [7, 11) is 0. The summed E-state index contributed by atoms with van der Waals surface area (Å²) in [5.74, 6) is 0.481. The lowest BCUT2D eigenvalue weighted by Crippen LogP contribution is -2.46. The van der Waals surface area contributed by atoms with Gasteiger partial charge in [-0.05, 0) is 50.8 Å². The zero-order valence-electron chi connectivity index (χ0n) is 14.0. The molecule has 2 atom stereocenters. The molecule has 0 spiro atoms. The highest BCUT2D eigenvalue weighted by molar-refractivity contribution is 6.33. The highest BCUT2D eigenvalue weighted by Crippen LogP contribution is 2.20. The molecule has 0 bridgehead atoms. The van der Waals surface area contributed by atoms with E-state index in [9.17, 15) is 9.90 Å². The standard InChI is InChI=1S/C18H27ClN2O2/c1-13(11-14(2)22)12-20-15-7-9-21(10-8-15)18(23)16-5-3-4-6-17(16)19/h3-6,13-15,20,22H,7-12H2,1-2H3. The van der Waals surface area contributed by atoms with Crippen molar-refractivity contribution in [2.45, 2.75) is 45.3 Å². The third kappa shape index (κ3) is 5.48. The molecule has 1 aliphatic heterocycles. The number of piperidine rings is 1. The Bertz CT molecular complexity index is 513. The minimum Gasteiger partial charge on any atom is -0.393 e. The zero-order chi connectivity index (χ0) is 16.8. The van der Waals surface area contributed by atoms with Crippen LogP contribution in [0.25, 0.3) is 0 Å². The van der Waals surface area contributed by atoms with Crippen LogP contribution in [0.5, 0.6) is 0 Å². The molecule has 0 saturated carbocycles. The van der Waals surface area contributed by atoms with Crippen LogP contribution in [-0.4, -0.2) is 47.7 Å². The molecule has 5 heteroatoms. The van der Waals surface area contributed by atoms with E-state index in [1.807, 2.05) is 24.0 Å². The van der Waals surface area contributed by atoms with Crippen molar-refractivity contribution in [2.75, 3.05) is 19.6 Å². The number of likely N-dealkylation sites (tertiary alicyclic amines) is 1. The lowest BCUT2D eigenvalue weighted by Gasteiger charge is -2.33. The molecule has 1 aromatic carbocycles. The fourth-order valence-electron chi connectivity index (χ4n) is 3.13. The van der Waals surface area contributed by atoms with E-state index in [-0.39, 0.29) is 12.0 Å². The first-order chi connectivity index (χ1) is 11.0. The molecule has 2 unspecified atom stereocenters. The Balaban J connectivity index is 1.78. The number of amides is 1. The fraction of sp³-hybridized carbons (Fsp3) is 0.611. The maximum Gasteiger partial charge on any atom is 0.255 e. The quantitative estimate of drug-likeness (QED) is 0.838. The third-order valence-electron chi connectivity index (χ3n) is 4.38. The summed E-state index contributed by atoms with van der Waals surface area (Å²) in [5, 5.41) is 13.5.